The van der Waals surface area contributed by atoms with Crippen molar-refractivity contribution in [3.05, 3.63) is 0 Å². The minimum atomic E-state index is 0.596. The van der Waals surface area contributed by atoms with Crippen LogP contribution in [0.2, 0.25) is 0 Å². The fourth-order valence-corrected chi connectivity index (χ4v) is 2.43. The lowest BCUT2D eigenvalue weighted by molar-refractivity contribution is 0.142. The van der Waals surface area contributed by atoms with Crippen molar-refractivity contribution in [1.82, 2.24) is 10.2 Å². The highest BCUT2D eigenvalue weighted by Gasteiger charge is 2.30. The Morgan fingerprint density at radius 3 is 3.15 bits per heavy atom. The molecule has 0 amide bonds. The van der Waals surface area contributed by atoms with Crippen LogP contribution in [-0.2, 0) is 0 Å². The third kappa shape index (κ3) is 2.01. The summed E-state index contributed by atoms with van der Waals surface area (Å²) >= 11 is 0. The van der Waals surface area contributed by atoms with E-state index in [2.05, 4.69) is 16.3 Å². The summed E-state index contributed by atoms with van der Waals surface area (Å²) < 4.78 is 0. The minimum Gasteiger partial charge on any atom is -0.299 e. The predicted octanol–water partition coefficient (Wildman–Crippen LogP) is 1.07. The van der Waals surface area contributed by atoms with Gasteiger partial charge < -0.3 is 0 Å². The minimum absolute atomic E-state index is 0.596. The molecule has 3 nitrogen and oxygen atoms in total. The van der Waals surface area contributed by atoms with Crippen molar-refractivity contribution in [2.75, 3.05) is 13.1 Å². The second-order valence-electron chi connectivity index (χ2n) is 4.04. The highest BCUT2D eigenvalue weighted by Crippen LogP contribution is 2.21. The van der Waals surface area contributed by atoms with Gasteiger partial charge in [-0.1, -0.05) is 0 Å². The van der Waals surface area contributed by atoms with Gasteiger partial charge in [0.05, 0.1) is 12.2 Å². The Labute approximate surface area is 79.7 Å². The summed E-state index contributed by atoms with van der Waals surface area (Å²) in [7, 11) is 0. The van der Waals surface area contributed by atoms with E-state index < -0.39 is 0 Å². The van der Waals surface area contributed by atoms with E-state index in [4.69, 9.17) is 5.26 Å². The van der Waals surface area contributed by atoms with Crippen LogP contribution in [0.1, 0.15) is 32.1 Å². The average molecular weight is 179 g/mol. The number of nitrogens with zero attached hydrogens (tertiary/aromatic N) is 2. The van der Waals surface area contributed by atoms with Crippen molar-refractivity contribution >= 4 is 0 Å². The zero-order valence-electron chi connectivity index (χ0n) is 8.00. The molecule has 2 fully saturated rings. The molecule has 0 bridgehead atoms. The van der Waals surface area contributed by atoms with Crippen molar-refractivity contribution < 1.29 is 0 Å². The van der Waals surface area contributed by atoms with Crippen molar-refractivity contribution in [1.29, 1.82) is 5.26 Å². The number of fused-ring (bicyclic) bond motifs is 1. The fraction of sp³-hybridized carbons (Fsp3) is 0.900. The Bertz CT molecular complexity index is 209. The largest absolute Gasteiger partial charge is 0.299 e. The molecule has 1 N–H and O–H groups in total. The zero-order valence-corrected chi connectivity index (χ0v) is 8.00. The Morgan fingerprint density at radius 1 is 1.38 bits per heavy atom. The Hall–Kier alpha value is -0.590. The van der Waals surface area contributed by atoms with Crippen molar-refractivity contribution in [2.45, 2.75) is 44.3 Å². The normalized spacial score (nSPS) is 34.1. The second-order valence-corrected chi connectivity index (χ2v) is 4.04. The Balaban J connectivity index is 1.80. The molecule has 2 heterocycles. The quantitative estimate of drug-likeness (QED) is 0.689. The van der Waals surface area contributed by atoms with Gasteiger partial charge in [0.15, 0.2) is 0 Å². The fourth-order valence-electron chi connectivity index (χ4n) is 2.43. The molecular formula is C10H17N3. The molecule has 0 aromatic rings. The van der Waals surface area contributed by atoms with E-state index in [1.54, 1.807) is 0 Å². The summed E-state index contributed by atoms with van der Waals surface area (Å²) in [6, 6.07) is 2.82. The van der Waals surface area contributed by atoms with Gasteiger partial charge in [-0.2, -0.15) is 5.26 Å². The number of hydrogen-bond acceptors (Lipinski definition) is 3. The van der Waals surface area contributed by atoms with Crippen LogP contribution in [0.15, 0.2) is 0 Å². The summed E-state index contributed by atoms with van der Waals surface area (Å²) in [5.74, 6) is 0. The molecule has 0 aliphatic carbocycles. The van der Waals surface area contributed by atoms with Crippen LogP contribution in [-0.4, -0.2) is 30.2 Å². The van der Waals surface area contributed by atoms with E-state index >= 15 is 0 Å². The Kier molecular flexibility index (Phi) is 2.82. The SMILES string of the molecule is N#CCCC1CCN2CCCC2N1. The van der Waals surface area contributed by atoms with E-state index in [1.165, 1.54) is 32.4 Å². The van der Waals surface area contributed by atoms with Crippen LogP contribution in [0.5, 0.6) is 0 Å². The van der Waals surface area contributed by atoms with Crippen LogP contribution in [0.4, 0.5) is 0 Å². The van der Waals surface area contributed by atoms with Crippen LogP contribution < -0.4 is 5.32 Å². The molecule has 72 valence electrons. The summed E-state index contributed by atoms with van der Waals surface area (Å²) in [4.78, 5) is 2.53. The molecule has 2 aliphatic rings. The van der Waals surface area contributed by atoms with E-state index in [9.17, 15) is 0 Å². The maximum atomic E-state index is 8.50. The molecule has 2 aliphatic heterocycles. The molecule has 2 unspecified atom stereocenters. The van der Waals surface area contributed by atoms with E-state index in [1.807, 2.05) is 0 Å². The second kappa shape index (κ2) is 4.08. The van der Waals surface area contributed by atoms with Crippen LogP contribution in [0.25, 0.3) is 0 Å². The third-order valence-corrected chi connectivity index (χ3v) is 3.16. The lowest BCUT2D eigenvalue weighted by Gasteiger charge is -2.36. The van der Waals surface area contributed by atoms with Crippen molar-refractivity contribution in [3.8, 4) is 6.07 Å². The Morgan fingerprint density at radius 2 is 2.31 bits per heavy atom. The molecule has 2 atom stereocenters. The van der Waals surface area contributed by atoms with Crippen LogP contribution in [0, 0.1) is 11.3 Å². The van der Waals surface area contributed by atoms with Gasteiger partial charge in [-0.25, -0.2) is 0 Å². The monoisotopic (exact) mass is 179 g/mol. The number of nitrogens with one attached hydrogen (secondary N) is 1. The van der Waals surface area contributed by atoms with Gasteiger partial charge in [0.1, 0.15) is 0 Å². The first-order valence-corrected chi connectivity index (χ1v) is 5.27. The van der Waals surface area contributed by atoms with Gasteiger partial charge in [-0.15, -0.1) is 0 Å². The molecule has 2 rings (SSSR count). The molecule has 3 heteroatoms. The van der Waals surface area contributed by atoms with Crippen LogP contribution in [0.3, 0.4) is 0 Å². The predicted molar refractivity (Wildman–Crippen MR) is 51.0 cm³/mol. The molecule has 0 radical (unpaired) electrons. The third-order valence-electron chi connectivity index (χ3n) is 3.16. The van der Waals surface area contributed by atoms with Gasteiger partial charge in [-0.3, -0.25) is 10.2 Å². The highest BCUT2D eigenvalue weighted by atomic mass is 15.3. The lowest BCUT2D eigenvalue weighted by atomic mass is 10.1. The van der Waals surface area contributed by atoms with Gasteiger partial charge >= 0.3 is 0 Å². The van der Waals surface area contributed by atoms with Gasteiger partial charge in [-0.05, 0) is 32.2 Å². The van der Waals surface area contributed by atoms with E-state index in [0.29, 0.717) is 18.6 Å². The molecule has 0 saturated carbocycles. The molecular weight excluding hydrogens is 162 g/mol. The highest BCUT2D eigenvalue weighted by molar-refractivity contribution is 4.88. The summed E-state index contributed by atoms with van der Waals surface area (Å²) in [6.45, 7) is 2.50. The first kappa shape index (κ1) is 8.98. The van der Waals surface area contributed by atoms with Crippen molar-refractivity contribution in [3.63, 3.8) is 0 Å². The van der Waals surface area contributed by atoms with Gasteiger partial charge in [0, 0.05) is 19.0 Å². The first-order valence-electron chi connectivity index (χ1n) is 5.27. The molecule has 13 heavy (non-hydrogen) atoms. The number of rotatable bonds is 2. The van der Waals surface area contributed by atoms with Gasteiger partial charge in [0.2, 0.25) is 0 Å². The first-order chi connectivity index (χ1) is 6.40. The molecule has 2 saturated heterocycles. The zero-order chi connectivity index (χ0) is 9.10. The molecule has 0 aromatic carbocycles. The number of hydrogen-bond donors (Lipinski definition) is 1. The molecule has 0 aromatic heterocycles. The standard InChI is InChI=1S/C10H17N3/c11-6-1-3-9-5-8-13-7-2-4-10(13)12-9/h9-10,12H,1-5,7-8H2. The lowest BCUT2D eigenvalue weighted by Crippen LogP contribution is -2.52. The van der Waals surface area contributed by atoms with E-state index in [0.717, 1.165) is 6.42 Å². The average Bonchev–Trinajstić information content (AvgIpc) is 2.61. The summed E-state index contributed by atoms with van der Waals surface area (Å²) in [5.41, 5.74) is 0. The molecule has 0 spiro atoms. The smallest absolute Gasteiger partial charge is 0.0622 e. The number of nitriles is 1. The summed E-state index contributed by atoms with van der Waals surface area (Å²) in [5, 5.41) is 12.1. The maximum absolute atomic E-state index is 8.50. The topological polar surface area (TPSA) is 39.1 Å². The summed E-state index contributed by atoms with van der Waals surface area (Å²) in [6.07, 6.45) is 6.20. The van der Waals surface area contributed by atoms with Gasteiger partial charge in [0.25, 0.3) is 0 Å². The maximum Gasteiger partial charge on any atom is 0.0622 e. The van der Waals surface area contributed by atoms with Crippen LogP contribution >= 0.6 is 0 Å². The van der Waals surface area contributed by atoms with E-state index in [-0.39, 0.29) is 0 Å². The van der Waals surface area contributed by atoms with Crippen molar-refractivity contribution in [2.24, 2.45) is 0 Å².